The van der Waals surface area contributed by atoms with Crippen LogP contribution in [0.4, 0.5) is 5.69 Å². The zero-order valence-electron chi connectivity index (χ0n) is 11.0. The fourth-order valence-corrected chi connectivity index (χ4v) is 1.39. The normalized spacial score (nSPS) is 11.3. The lowest BCUT2D eigenvalue weighted by atomic mass is 9.99. The van der Waals surface area contributed by atoms with E-state index in [0.29, 0.717) is 12.1 Å². The van der Waals surface area contributed by atoms with Crippen LogP contribution < -0.4 is 5.73 Å². The Morgan fingerprint density at radius 3 is 2.59 bits per heavy atom. The fraction of sp³-hybridized carbons (Fsp3) is 0.538. The smallest absolute Gasteiger partial charge is 0.228 e. The Bertz CT molecular complexity index is 384. The average Bonchev–Trinajstić information content (AvgIpc) is 2.31. The van der Waals surface area contributed by atoms with Crippen molar-refractivity contribution in [2.45, 2.75) is 39.2 Å². The molecule has 1 aromatic heterocycles. The van der Waals surface area contributed by atoms with Crippen LogP contribution in [0.1, 0.15) is 32.9 Å². The topological polar surface area (TPSA) is 59.2 Å². The van der Waals surface area contributed by atoms with Crippen LogP contribution in [0.2, 0.25) is 0 Å². The Labute approximate surface area is 103 Å². The first-order valence-electron chi connectivity index (χ1n) is 5.84. The van der Waals surface area contributed by atoms with Gasteiger partial charge in [0.05, 0.1) is 18.3 Å². The van der Waals surface area contributed by atoms with E-state index in [1.807, 2.05) is 7.05 Å². The number of hydrogen-bond acceptors (Lipinski definition) is 3. The minimum atomic E-state index is -0.120. The van der Waals surface area contributed by atoms with Crippen LogP contribution in [0.5, 0.6) is 0 Å². The number of rotatable bonds is 4. The summed E-state index contributed by atoms with van der Waals surface area (Å²) in [5, 5.41) is 0. The molecule has 0 radical (unpaired) electrons. The minimum Gasteiger partial charge on any atom is -0.397 e. The third-order valence-corrected chi connectivity index (χ3v) is 3.33. The van der Waals surface area contributed by atoms with Crippen molar-refractivity contribution in [2.24, 2.45) is 0 Å². The number of carbonyl (C=O) groups is 1. The molecule has 4 heteroatoms. The lowest BCUT2D eigenvalue weighted by molar-refractivity contribution is -0.134. The van der Waals surface area contributed by atoms with Gasteiger partial charge in [-0.1, -0.05) is 6.92 Å². The number of nitrogens with two attached hydrogens (primary N) is 1. The van der Waals surface area contributed by atoms with Gasteiger partial charge in [0.1, 0.15) is 0 Å². The highest BCUT2D eigenvalue weighted by Gasteiger charge is 2.25. The summed E-state index contributed by atoms with van der Waals surface area (Å²) in [5.41, 5.74) is 6.80. The van der Waals surface area contributed by atoms with E-state index in [1.165, 1.54) is 0 Å². The highest BCUT2D eigenvalue weighted by molar-refractivity contribution is 5.78. The molecule has 1 aromatic rings. The number of nitrogens with zero attached hydrogens (tertiary/aromatic N) is 2. The third kappa shape index (κ3) is 3.44. The van der Waals surface area contributed by atoms with Gasteiger partial charge in [0.25, 0.3) is 0 Å². The van der Waals surface area contributed by atoms with E-state index in [4.69, 9.17) is 5.73 Å². The number of amides is 1. The van der Waals surface area contributed by atoms with E-state index in [1.54, 1.807) is 23.2 Å². The number of hydrogen-bond donors (Lipinski definition) is 1. The maximum atomic E-state index is 12.1. The predicted molar refractivity (Wildman–Crippen MR) is 69.5 cm³/mol. The van der Waals surface area contributed by atoms with Crippen molar-refractivity contribution < 1.29 is 4.79 Å². The zero-order chi connectivity index (χ0) is 13.1. The zero-order valence-corrected chi connectivity index (χ0v) is 11.0. The molecule has 0 aliphatic rings. The van der Waals surface area contributed by atoms with Crippen LogP contribution in [-0.2, 0) is 11.2 Å². The van der Waals surface area contributed by atoms with Crippen LogP contribution >= 0.6 is 0 Å². The molecule has 1 heterocycles. The summed E-state index contributed by atoms with van der Waals surface area (Å²) < 4.78 is 0. The maximum Gasteiger partial charge on any atom is 0.228 e. The number of carbonyl (C=O) groups excluding carboxylic acids is 1. The largest absolute Gasteiger partial charge is 0.397 e. The Balaban J connectivity index is 2.69. The molecule has 0 aliphatic carbocycles. The van der Waals surface area contributed by atoms with Gasteiger partial charge in [0, 0.05) is 18.3 Å². The maximum absolute atomic E-state index is 12.1. The number of aromatic nitrogens is 1. The van der Waals surface area contributed by atoms with Crippen molar-refractivity contribution in [3.63, 3.8) is 0 Å². The van der Waals surface area contributed by atoms with Crippen molar-refractivity contribution in [1.82, 2.24) is 9.88 Å². The molecule has 0 fully saturated rings. The molecule has 0 bridgehead atoms. The van der Waals surface area contributed by atoms with Crippen LogP contribution in [-0.4, -0.2) is 28.4 Å². The molecule has 0 atom stereocenters. The van der Waals surface area contributed by atoms with Gasteiger partial charge in [-0.25, -0.2) is 0 Å². The number of anilines is 1. The van der Waals surface area contributed by atoms with E-state index in [0.717, 1.165) is 12.1 Å². The molecule has 0 saturated heterocycles. The summed E-state index contributed by atoms with van der Waals surface area (Å²) in [6, 6.07) is 3.56. The third-order valence-electron chi connectivity index (χ3n) is 3.33. The molecule has 1 amide bonds. The molecule has 0 unspecified atom stereocenters. The van der Waals surface area contributed by atoms with E-state index in [2.05, 4.69) is 25.8 Å². The summed E-state index contributed by atoms with van der Waals surface area (Å²) >= 11 is 0. The molecule has 0 aromatic carbocycles. The molecule has 2 N–H and O–H groups in total. The lowest BCUT2D eigenvalue weighted by Gasteiger charge is -2.34. The summed E-state index contributed by atoms with van der Waals surface area (Å²) in [5.74, 6) is 0.0779. The first kappa shape index (κ1) is 13.5. The summed E-state index contributed by atoms with van der Waals surface area (Å²) in [4.78, 5) is 18.0. The molecule has 94 valence electrons. The van der Waals surface area contributed by atoms with Crippen molar-refractivity contribution in [1.29, 1.82) is 0 Å². The first-order chi connectivity index (χ1) is 7.86. The Morgan fingerprint density at radius 2 is 2.12 bits per heavy atom. The molecular weight excluding hydrogens is 214 g/mol. The molecule has 0 spiro atoms. The minimum absolute atomic E-state index is 0.0779. The standard InChI is InChI=1S/C13H21N3O/c1-5-13(2,3)16(4)12(17)8-11-7-6-10(14)9-15-11/h6-7,9H,5,8,14H2,1-4H3. The molecule has 4 nitrogen and oxygen atoms in total. The van der Waals surface area contributed by atoms with Gasteiger partial charge in [-0.15, -0.1) is 0 Å². The predicted octanol–water partition coefficient (Wildman–Crippen LogP) is 1.85. The van der Waals surface area contributed by atoms with Crippen molar-refractivity contribution in [3.8, 4) is 0 Å². The quantitative estimate of drug-likeness (QED) is 0.866. The molecule has 0 aliphatic heterocycles. The molecule has 1 rings (SSSR count). The molecular formula is C13H21N3O. The molecule has 17 heavy (non-hydrogen) atoms. The van der Waals surface area contributed by atoms with Gasteiger partial charge < -0.3 is 10.6 Å². The Morgan fingerprint density at radius 1 is 1.47 bits per heavy atom. The summed E-state index contributed by atoms with van der Waals surface area (Å²) in [6.45, 7) is 6.19. The second-order valence-corrected chi connectivity index (χ2v) is 4.88. The van der Waals surface area contributed by atoms with Crippen molar-refractivity contribution in [3.05, 3.63) is 24.0 Å². The second-order valence-electron chi connectivity index (χ2n) is 4.88. The van der Waals surface area contributed by atoms with Crippen LogP contribution in [0, 0.1) is 0 Å². The first-order valence-corrected chi connectivity index (χ1v) is 5.84. The van der Waals surface area contributed by atoms with E-state index >= 15 is 0 Å². The van der Waals surface area contributed by atoms with E-state index in [-0.39, 0.29) is 11.4 Å². The van der Waals surface area contributed by atoms with Gasteiger partial charge in [-0.2, -0.15) is 0 Å². The van der Waals surface area contributed by atoms with Gasteiger partial charge in [-0.3, -0.25) is 9.78 Å². The number of nitrogen functional groups attached to an aromatic ring is 1. The van der Waals surface area contributed by atoms with Gasteiger partial charge in [0.2, 0.25) is 5.91 Å². The van der Waals surface area contributed by atoms with Crippen LogP contribution in [0.3, 0.4) is 0 Å². The lowest BCUT2D eigenvalue weighted by Crippen LogP contribution is -2.45. The second kappa shape index (κ2) is 5.17. The molecule has 0 saturated carbocycles. The number of likely N-dealkylation sites (N-methyl/N-ethyl adjacent to an activating group) is 1. The fourth-order valence-electron chi connectivity index (χ4n) is 1.39. The van der Waals surface area contributed by atoms with Gasteiger partial charge in [-0.05, 0) is 32.4 Å². The van der Waals surface area contributed by atoms with E-state index < -0.39 is 0 Å². The summed E-state index contributed by atoms with van der Waals surface area (Å²) in [6.07, 6.45) is 2.82. The number of pyridine rings is 1. The van der Waals surface area contributed by atoms with Crippen LogP contribution in [0.15, 0.2) is 18.3 Å². The van der Waals surface area contributed by atoms with Crippen molar-refractivity contribution >= 4 is 11.6 Å². The van der Waals surface area contributed by atoms with Crippen molar-refractivity contribution in [2.75, 3.05) is 12.8 Å². The average molecular weight is 235 g/mol. The highest BCUT2D eigenvalue weighted by atomic mass is 16.2. The Hall–Kier alpha value is -1.58. The monoisotopic (exact) mass is 235 g/mol. The van der Waals surface area contributed by atoms with Gasteiger partial charge in [0.15, 0.2) is 0 Å². The SMILES string of the molecule is CCC(C)(C)N(C)C(=O)Cc1ccc(N)cn1. The van der Waals surface area contributed by atoms with Gasteiger partial charge >= 0.3 is 0 Å². The van der Waals surface area contributed by atoms with Crippen LogP contribution in [0.25, 0.3) is 0 Å². The summed E-state index contributed by atoms with van der Waals surface area (Å²) in [7, 11) is 1.84. The Kier molecular flexibility index (Phi) is 4.10. The van der Waals surface area contributed by atoms with E-state index in [9.17, 15) is 4.79 Å². The highest BCUT2D eigenvalue weighted by Crippen LogP contribution is 2.17.